The summed E-state index contributed by atoms with van der Waals surface area (Å²) in [6, 6.07) is 16.7. The molecule has 0 radical (unpaired) electrons. The maximum absolute atomic E-state index is 13.0. The van der Waals surface area contributed by atoms with Crippen LogP contribution in [0.2, 0.25) is 0 Å². The number of benzene rings is 2. The van der Waals surface area contributed by atoms with Crippen LogP contribution in [0, 0.1) is 5.82 Å². The molecule has 0 unspecified atom stereocenters. The molecule has 0 bridgehead atoms. The lowest BCUT2D eigenvalue weighted by atomic mass is 10.0. The number of likely N-dealkylation sites (tertiary alicyclic amines) is 1. The number of rotatable bonds is 6. The molecule has 1 aliphatic rings. The summed E-state index contributed by atoms with van der Waals surface area (Å²) < 4.78 is 14.7. The first kappa shape index (κ1) is 19.3. The Morgan fingerprint density at radius 3 is 2.41 bits per heavy atom. The van der Waals surface area contributed by atoms with Gasteiger partial charge in [0.25, 0.3) is 5.91 Å². The Kier molecular flexibility index (Phi) is 5.95. The summed E-state index contributed by atoms with van der Waals surface area (Å²) in [4.78, 5) is 14.8. The number of nitrogens with one attached hydrogen (secondary N) is 1. The predicted octanol–water partition coefficient (Wildman–Crippen LogP) is 2.86. The van der Waals surface area contributed by atoms with Crippen LogP contribution in [0.4, 0.5) is 4.39 Å². The number of carbonyl (C=O) groups is 1. The Balaban J connectivity index is 1.25. The van der Waals surface area contributed by atoms with Gasteiger partial charge in [0.2, 0.25) is 0 Å². The van der Waals surface area contributed by atoms with Crippen LogP contribution in [0.5, 0.6) is 0 Å². The quantitative estimate of drug-likeness (QED) is 0.700. The van der Waals surface area contributed by atoms with Crippen molar-refractivity contribution in [2.24, 2.45) is 0 Å². The molecule has 2 aromatic carbocycles. The van der Waals surface area contributed by atoms with Gasteiger partial charge < -0.3 is 5.32 Å². The zero-order valence-electron chi connectivity index (χ0n) is 16.2. The maximum atomic E-state index is 13.0. The average molecular weight is 393 g/mol. The van der Waals surface area contributed by atoms with Crippen molar-refractivity contribution in [1.29, 1.82) is 0 Å². The number of hydrogen-bond acceptors (Lipinski definition) is 4. The first-order valence-corrected chi connectivity index (χ1v) is 9.87. The van der Waals surface area contributed by atoms with Gasteiger partial charge in [0.1, 0.15) is 5.82 Å². The van der Waals surface area contributed by atoms with E-state index in [4.69, 9.17) is 0 Å². The molecular weight excluding hydrogens is 369 g/mol. The standard InChI is InChI=1S/C22H24FN5O/c23-19-8-6-18(7-9-19)14-27-12-10-20(11-13-27)24-22(29)21-16-28(26-25-21)15-17-4-2-1-3-5-17/h1-9,16,20H,10-15H2,(H,24,29). The Bertz CT molecular complexity index is 933. The molecule has 0 aliphatic carbocycles. The Labute approximate surface area is 169 Å². The molecule has 7 heteroatoms. The highest BCUT2D eigenvalue weighted by molar-refractivity contribution is 5.92. The Hall–Kier alpha value is -3.06. The van der Waals surface area contributed by atoms with Gasteiger partial charge in [-0.15, -0.1) is 5.10 Å². The van der Waals surface area contributed by atoms with Crippen molar-refractivity contribution >= 4 is 5.91 Å². The average Bonchev–Trinajstić information content (AvgIpc) is 3.21. The van der Waals surface area contributed by atoms with E-state index in [2.05, 4.69) is 20.5 Å². The summed E-state index contributed by atoms with van der Waals surface area (Å²) in [5.41, 5.74) is 2.55. The zero-order chi connectivity index (χ0) is 20.1. The number of piperidine rings is 1. The Morgan fingerprint density at radius 1 is 1.00 bits per heavy atom. The minimum atomic E-state index is -0.212. The monoisotopic (exact) mass is 393 g/mol. The highest BCUT2D eigenvalue weighted by Gasteiger charge is 2.22. The molecule has 1 aliphatic heterocycles. The topological polar surface area (TPSA) is 63.1 Å². The van der Waals surface area contributed by atoms with Crippen LogP contribution >= 0.6 is 0 Å². The van der Waals surface area contributed by atoms with Crippen molar-refractivity contribution in [2.45, 2.75) is 32.0 Å². The molecule has 0 spiro atoms. The van der Waals surface area contributed by atoms with Crippen LogP contribution in [0.1, 0.15) is 34.5 Å². The molecule has 29 heavy (non-hydrogen) atoms. The van der Waals surface area contributed by atoms with Gasteiger partial charge in [0.15, 0.2) is 5.69 Å². The largest absolute Gasteiger partial charge is 0.348 e. The fourth-order valence-corrected chi connectivity index (χ4v) is 3.59. The number of aromatic nitrogens is 3. The SMILES string of the molecule is O=C(NC1CCN(Cc2ccc(F)cc2)CC1)c1cn(Cc2ccccc2)nn1. The predicted molar refractivity (Wildman–Crippen MR) is 108 cm³/mol. The second-order valence-electron chi connectivity index (χ2n) is 7.44. The molecule has 3 aromatic rings. The number of hydrogen-bond donors (Lipinski definition) is 1. The molecule has 2 heterocycles. The molecule has 1 fully saturated rings. The third-order valence-electron chi connectivity index (χ3n) is 5.20. The second-order valence-corrected chi connectivity index (χ2v) is 7.44. The van der Waals surface area contributed by atoms with Crippen molar-refractivity contribution in [1.82, 2.24) is 25.2 Å². The van der Waals surface area contributed by atoms with E-state index in [0.29, 0.717) is 12.2 Å². The smallest absolute Gasteiger partial charge is 0.273 e. The van der Waals surface area contributed by atoms with Crippen LogP contribution in [0.25, 0.3) is 0 Å². The molecule has 150 valence electrons. The molecule has 1 aromatic heterocycles. The van der Waals surface area contributed by atoms with Gasteiger partial charge in [-0.05, 0) is 36.1 Å². The fraction of sp³-hybridized carbons (Fsp3) is 0.318. The third-order valence-corrected chi connectivity index (χ3v) is 5.20. The summed E-state index contributed by atoms with van der Waals surface area (Å²) in [6.07, 6.45) is 3.45. The summed E-state index contributed by atoms with van der Waals surface area (Å²) in [5, 5.41) is 11.2. The second kappa shape index (κ2) is 8.96. The van der Waals surface area contributed by atoms with Gasteiger partial charge in [-0.1, -0.05) is 47.7 Å². The van der Waals surface area contributed by atoms with Crippen LogP contribution in [-0.4, -0.2) is 44.9 Å². The number of nitrogens with zero attached hydrogens (tertiary/aromatic N) is 4. The zero-order valence-corrected chi connectivity index (χ0v) is 16.2. The molecule has 6 nitrogen and oxygen atoms in total. The lowest BCUT2D eigenvalue weighted by Gasteiger charge is -2.32. The first-order chi connectivity index (χ1) is 14.2. The summed E-state index contributed by atoms with van der Waals surface area (Å²) in [5.74, 6) is -0.392. The number of amides is 1. The third kappa shape index (κ3) is 5.26. The summed E-state index contributed by atoms with van der Waals surface area (Å²) >= 11 is 0. The lowest BCUT2D eigenvalue weighted by Crippen LogP contribution is -2.44. The maximum Gasteiger partial charge on any atom is 0.273 e. The van der Waals surface area contributed by atoms with E-state index >= 15 is 0 Å². The van der Waals surface area contributed by atoms with E-state index in [1.54, 1.807) is 10.9 Å². The molecule has 0 atom stereocenters. The van der Waals surface area contributed by atoms with Crippen molar-refractivity contribution < 1.29 is 9.18 Å². The Morgan fingerprint density at radius 2 is 1.69 bits per heavy atom. The minimum Gasteiger partial charge on any atom is -0.348 e. The van der Waals surface area contributed by atoms with Crippen molar-refractivity contribution in [3.63, 3.8) is 0 Å². The van der Waals surface area contributed by atoms with E-state index < -0.39 is 0 Å². The molecular formula is C22H24FN5O. The summed E-state index contributed by atoms with van der Waals surface area (Å²) in [7, 11) is 0. The van der Waals surface area contributed by atoms with Crippen molar-refractivity contribution in [3.8, 4) is 0 Å². The van der Waals surface area contributed by atoms with E-state index in [-0.39, 0.29) is 17.8 Å². The van der Waals surface area contributed by atoms with Gasteiger partial charge in [-0.3, -0.25) is 9.69 Å². The van der Waals surface area contributed by atoms with Gasteiger partial charge in [0.05, 0.1) is 12.7 Å². The molecule has 4 rings (SSSR count). The number of halogens is 1. The van der Waals surface area contributed by atoms with Crippen molar-refractivity contribution in [2.75, 3.05) is 13.1 Å². The fourth-order valence-electron chi connectivity index (χ4n) is 3.59. The molecule has 1 N–H and O–H groups in total. The lowest BCUT2D eigenvalue weighted by molar-refractivity contribution is 0.0904. The normalized spacial score (nSPS) is 15.3. The van der Waals surface area contributed by atoms with E-state index in [9.17, 15) is 9.18 Å². The summed E-state index contributed by atoms with van der Waals surface area (Å²) in [6.45, 7) is 3.17. The van der Waals surface area contributed by atoms with E-state index in [1.807, 2.05) is 42.5 Å². The molecule has 1 saturated heterocycles. The highest BCUT2D eigenvalue weighted by Crippen LogP contribution is 2.15. The van der Waals surface area contributed by atoms with Gasteiger partial charge in [-0.2, -0.15) is 0 Å². The number of carbonyl (C=O) groups excluding carboxylic acids is 1. The minimum absolute atomic E-state index is 0.131. The first-order valence-electron chi connectivity index (χ1n) is 9.87. The van der Waals surface area contributed by atoms with Crippen LogP contribution in [-0.2, 0) is 13.1 Å². The van der Waals surface area contributed by atoms with Gasteiger partial charge in [-0.25, -0.2) is 9.07 Å². The van der Waals surface area contributed by atoms with E-state index in [1.165, 1.54) is 12.1 Å². The van der Waals surface area contributed by atoms with Crippen molar-refractivity contribution in [3.05, 3.63) is 83.4 Å². The van der Waals surface area contributed by atoms with Crippen LogP contribution < -0.4 is 5.32 Å². The highest BCUT2D eigenvalue weighted by atomic mass is 19.1. The van der Waals surface area contributed by atoms with E-state index in [0.717, 1.165) is 43.6 Å². The van der Waals surface area contributed by atoms with Crippen LogP contribution in [0.15, 0.2) is 60.8 Å². The van der Waals surface area contributed by atoms with Crippen LogP contribution in [0.3, 0.4) is 0 Å². The van der Waals surface area contributed by atoms with Gasteiger partial charge in [0, 0.05) is 25.7 Å². The van der Waals surface area contributed by atoms with Gasteiger partial charge >= 0.3 is 0 Å². The molecule has 0 saturated carbocycles. The molecule has 1 amide bonds.